The molecule has 2 aromatic carbocycles. The Morgan fingerprint density at radius 2 is 1.58 bits per heavy atom. The molecule has 1 nitrogen and oxygen atoms in total. The summed E-state index contributed by atoms with van der Waals surface area (Å²) in [5.41, 5.74) is 1.62. The topological polar surface area (TPSA) is 20.2 Å². The fourth-order valence-electron chi connectivity index (χ4n) is 1.86. The van der Waals surface area contributed by atoms with E-state index >= 15 is 0 Å². The van der Waals surface area contributed by atoms with Crippen LogP contribution in [0.3, 0.4) is 0 Å². The molecule has 2 aromatic rings. The largest absolute Gasteiger partial charge is 0.388 e. The molecule has 0 aliphatic carbocycles. The standard InChI is InChI=1S/C15H13F3O/c1-9-2-4-10(5-3-9)8-13(19)11-6-7-12(16)15(18)14(11)17/h2-7,13,19H,8H2,1H3. The molecule has 1 unspecified atom stereocenters. The maximum Gasteiger partial charge on any atom is 0.194 e. The Hall–Kier alpha value is -1.81. The monoisotopic (exact) mass is 266 g/mol. The first kappa shape index (κ1) is 13.6. The minimum absolute atomic E-state index is 0.141. The molecule has 2 rings (SSSR count). The summed E-state index contributed by atoms with van der Waals surface area (Å²) in [4.78, 5) is 0. The molecule has 0 saturated carbocycles. The average molecular weight is 266 g/mol. The number of rotatable bonds is 3. The fraction of sp³-hybridized carbons (Fsp3) is 0.200. The van der Waals surface area contributed by atoms with E-state index in [0.717, 1.165) is 23.3 Å². The van der Waals surface area contributed by atoms with Crippen LogP contribution < -0.4 is 0 Å². The molecule has 0 aliphatic heterocycles. The maximum absolute atomic E-state index is 13.5. The quantitative estimate of drug-likeness (QED) is 0.840. The van der Waals surface area contributed by atoms with Gasteiger partial charge in [0.05, 0.1) is 6.10 Å². The van der Waals surface area contributed by atoms with Gasteiger partial charge in [-0.05, 0) is 18.6 Å². The minimum atomic E-state index is -1.56. The van der Waals surface area contributed by atoms with Crippen molar-refractivity contribution in [1.82, 2.24) is 0 Å². The highest BCUT2D eigenvalue weighted by Gasteiger charge is 2.19. The molecule has 0 bridgehead atoms. The van der Waals surface area contributed by atoms with Crippen molar-refractivity contribution in [2.75, 3.05) is 0 Å². The van der Waals surface area contributed by atoms with E-state index in [0.29, 0.717) is 0 Å². The van der Waals surface area contributed by atoms with E-state index in [1.54, 1.807) is 12.1 Å². The summed E-state index contributed by atoms with van der Waals surface area (Å²) in [6.07, 6.45) is -1.07. The van der Waals surface area contributed by atoms with Gasteiger partial charge in [-0.15, -0.1) is 0 Å². The van der Waals surface area contributed by atoms with Gasteiger partial charge in [0, 0.05) is 12.0 Å². The Morgan fingerprint density at radius 1 is 0.947 bits per heavy atom. The summed E-state index contributed by atoms with van der Waals surface area (Å²) in [6.45, 7) is 1.93. The molecule has 0 aromatic heterocycles. The molecule has 0 amide bonds. The molecule has 0 heterocycles. The molecule has 100 valence electrons. The second-order valence-corrected chi connectivity index (χ2v) is 4.47. The summed E-state index contributed by atoms with van der Waals surface area (Å²) in [5, 5.41) is 9.91. The first-order valence-electron chi connectivity index (χ1n) is 5.86. The molecule has 0 radical (unpaired) electrons. The third kappa shape index (κ3) is 2.96. The molecule has 0 spiro atoms. The predicted octanol–water partition coefficient (Wildman–Crippen LogP) is 3.69. The van der Waals surface area contributed by atoms with Crippen LogP contribution in [0.2, 0.25) is 0 Å². The minimum Gasteiger partial charge on any atom is -0.388 e. The van der Waals surface area contributed by atoms with Gasteiger partial charge in [-0.3, -0.25) is 0 Å². The van der Waals surface area contributed by atoms with E-state index in [1.165, 1.54) is 0 Å². The zero-order valence-corrected chi connectivity index (χ0v) is 10.3. The van der Waals surface area contributed by atoms with Crippen molar-refractivity contribution in [2.45, 2.75) is 19.4 Å². The van der Waals surface area contributed by atoms with Crippen LogP contribution in [0.4, 0.5) is 13.2 Å². The van der Waals surface area contributed by atoms with Crippen LogP contribution in [0.5, 0.6) is 0 Å². The fourth-order valence-corrected chi connectivity index (χ4v) is 1.86. The lowest BCUT2D eigenvalue weighted by molar-refractivity contribution is 0.172. The van der Waals surface area contributed by atoms with Gasteiger partial charge in [0.2, 0.25) is 0 Å². The third-order valence-corrected chi connectivity index (χ3v) is 2.97. The first-order chi connectivity index (χ1) is 8.99. The number of aliphatic hydroxyl groups excluding tert-OH is 1. The molecule has 0 saturated heterocycles. The van der Waals surface area contributed by atoms with Crippen LogP contribution in [0, 0.1) is 24.4 Å². The van der Waals surface area contributed by atoms with Crippen molar-refractivity contribution in [1.29, 1.82) is 0 Å². The normalized spacial score (nSPS) is 12.5. The zero-order chi connectivity index (χ0) is 14.0. The predicted molar refractivity (Wildman–Crippen MR) is 66.2 cm³/mol. The highest BCUT2D eigenvalue weighted by molar-refractivity contribution is 5.26. The van der Waals surface area contributed by atoms with Crippen molar-refractivity contribution in [2.24, 2.45) is 0 Å². The van der Waals surface area contributed by atoms with Gasteiger partial charge in [0.1, 0.15) is 0 Å². The lowest BCUT2D eigenvalue weighted by Crippen LogP contribution is -2.07. The van der Waals surface area contributed by atoms with Gasteiger partial charge in [-0.2, -0.15) is 0 Å². The van der Waals surface area contributed by atoms with E-state index in [1.807, 2.05) is 19.1 Å². The zero-order valence-electron chi connectivity index (χ0n) is 10.3. The molecule has 19 heavy (non-hydrogen) atoms. The van der Waals surface area contributed by atoms with E-state index in [4.69, 9.17) is 0 Å². The second-order valence-electron chi connectivity index (χ2n) is 4.47. The summed E-state index contributed by atoms with van der Waals surface area (Å²) in [6, 6.07) is 9.21. The van der Waals surface area contributed by atoms with Crippen molar-refractivity contribution in [3.05, 3.63) is 70.5 Å². The molecule has 0 aliphatic rings. The van der Waals surface area contributed by atoms with Gasteiger partial charge in [0.15, 0.2) is 17.5 Å². The van der Waals surface area contributed by atoms with Crippen LogP contribution in [0.1, 0.15) is 22.8 Å². The average Bonchev–Trinajstić information content (AvgIpc) is 2.39. The Kier molecular flexibility index (Phi) is 3.90. The highest BCUT2D eigenvalue weighted by Crippen LogP contribution is 2.24. The lowest BCUT2D eigenvalue weighted by atomic mass is 10.00. The van der Waals surface area contributed by atoms with Crippen LogP contribution in [-0.4, -0.2) is 5.11 Å². The Balaban J connectivity index is 2.23. The maximum atomic E-state index is 13.5. The number of benzene rings is 2. The molecule has 1 atom stereocenters. The summed E-state index contributed by atoms with van der Waals surface area (Å²) in [5.74, 6) is -4.15. The van der Waals surface area contributed by atoms with Crippen LogP contribution in [0.25, 0.3) is 0 Å². The highest BCUT2D eigenvalue weighted by atomic mass is 19.2. The van der Waals surface area contributed by atoms with Gasteiger partial charge >= 0.3 is 0 Å². The third-order valence-electron chi connectivity index (χ3n) is 2.97. The summed E-state index contributed by atoms with van der Waals surface area (Å²) in [7, 11) is 0. The second kappa shape index (κ2) is 5.45. The molecular weight excluding hydrogens is 253 g/mol. The van der Waals surface area contributed by atoms with Gasteiger partial charge in [-0.25, -0.2) is 13.2 Å². The van der Waals surface area contributed by atoms with Crippen LogP contribution in [-0.2, 0) is 6.42 Å². The Bertz CT molecular complexity index is 579. The number of aliphatic hydroxyl groups is 1. The van der Waals surface area contributed by atoms with Crippen molar-refractivity contribution in [3.63, 3.8) is 0 Å². The number of hydrogen-bond donors (Lipinski definition) is 1. The Morgan fingerprint density at radius 3 is 2.21 bits per heavy atom. The molecular formula is C15H13F3O. The Labute approximate surface area is 109 Å². The van der Waals surface area contributed by atoms with E-state index in [2.05, 4.69) is 0 Å². The van der Waals surface area contributed by atoms with Crippen molar-refractivity contribution in [3.8, 4) is 0 Å². The number of halogens is 3. The molecule has 0 fully saturated rings. The van der Waals surface area contributed by atoms with Gasteiger partial charge in [0.25, 0.3) is 0 Å². The van der Waals surface area contributed by atoms with E-state index in [9.17, 15) is 18.3 Å². The van der Waals surface area contributed by atoms with Gasteiger partial charge < -0.3 is 5.11 Å². The smallest absolute Gasteiger partial charge is 0.194 e. The van der Waals surface area contributed by atoms with Crippen LogP contribution >= 0.6 is 0 Å². The summed E-state index contributed by atoms with van der Waals surface area (Å²) < 4.78 is 39.4. The first-order valence-corrected chi connectivity index (χ1v) is 5.86. The lowest BCUT2D eigenvalue weighted by Gasteiger charge is -2.13. The van der Waals surface area contributed by atoms with Crippen LogP contribution in [0.15, 0.2) is 36.4 Å². The SMILES string of the molecule is Cc1ccc(CC(O)c2ccc(F)c(F)c2F)cc1. The molecule has 4 heteroatoms. The number of aryl methyl sites for hydroxylation is 1. The van der Waals surface area contributed by atoms with E-state index in [-0.39, 0.29) is 12.0 Å². The molecule has 1 N–H and O–H groups in total. The van der Waals surface area contributed by atoms with Crippen molar-refractivity contribution < 1.29 is 18.3 Å². The van der Waals surface area contributed by atoms with E-state index < -0.39 is 23.6 Å². The van der Waals surface area contributed by atoms with Gasteiger partial charge in [-0.1, -0.05) is 35.9 Å². The summed E-state index contributed by atoms with van der Waals surface area (Å²) >= 11 is 0. The number of hydrogen-bond acceptors (Lipinski definition) is 1. The van der Waals surface area contributed by atoms with Crippen molar-refractivity contribution >= 4 is 0 Å².